The van der Waals surface area contributed by atoms with E-state index in [1.54, 1.807) is 81.4 Å². The van der Waals surface area contributed by atoms with Gasteiger partial charge in [0.1, 0.15) is 5.60 Å². The van der Waals surface area contributed by atoms with Gasteiger partial charge in [-0.15, -0.1) is 0 Å². The number of esters is 1. The zero-order chi connectivity index (χ0) is 50.4. The number of nitrogens with zero attached hydrogens (tertiary/aromatic N) is 4. The zero-order valence-corrected chi connectivity index (χ0v) is 40.5. The molecular weight excluding hydrogens is 929 g/mol. The van der Waals surface area contributed by atoms with Gasteiger partial charge in [0.25, 0.3) is 11.8 Å². The van der Waals surface area contributed by atoms with E-state index in [1.165, 1.54) is 38.4 Å². The standard InChI is InChI=1S/C29H28N2O5S.C25H20N2O5S/c1-29(2,3)36-28(33)24-16-13-23(14-17-24)20-31-27(32)25-19-22(12-8-11-21-9-6-5-7-10-21)15-18-26(25)30(4)37(31,34)35;1-26-23-15-12-19(9-5-8-18-6-3-2-4-7-18)16-22(23)24(28)27(33(26,31)32)17-20-10-13-21(14-11-20)25(29)30/h5-7,9-10,13-19H,11,20H2,1-4H3;2-4,6-7,10-16H,8,17H2,1H3,(H,29,30). The van der Waals surface area contributed by atoms with E-state index in [-0.39, 0.29) is 35.5 Å². The summed E-state index contributed by atoms with van der Waals surface area (Å²) in [6.45, 7) is 4.94. The van der Waals surface area contributed by atoms with E-state index in [1.807, 2.05) is 60.7 Å². The van der Waals surface area contributed by atoms with Crippen LogP contribution in [0.15, 0.2) is 146 Å². The van der Waals surface area contributed by atoms with Crippen LogP contribution in [0.5, 0.6) is 0 Å². The van der Waals surface area contributed by atoms with Crippen LogP contribution in [-0.2, 0) is 51.1 Å². The molecule has 1 N–H and O–H groups in total. The number of carboxylic acid groups (broad SMARTS) is 1. The number of hydrogen-bond acceptors (Lipinski definition) is 9. The van der Waals surface area contributed by atoms with Crippen LogP contribution in [0.4, 0.5) is 11.4 Å². The number of fused-ring (bicyclic) bond motifs is 2. The van der Waals surface area contributed by atoms with Crippen molar-refractivity contribution in [1.29, 1.82) is 0 Å². The molecule has 2 heterocycles. The summed E-state index contributed by atoms with van der Waals surface area (Å²) in [5, 5.41) is 9.04. The summed E-state index contributed by atoms with van der Waals surface area (Å²) in [5.41, 5.74) is 5.30. The second-order valence-electron chi connectivity index (χ2n) is 17.2. The first-order valence-corrected chi connectivity index (χ1v) is 24.6. The van der Waals surface area contributed by atoms with Crippen LogP contribution in [0.25, 0.3) is 0 Å². The molecule has 14 nitrogen and oxygen atoms in total. The number of hydrogen-bond donors (Lipinski definition) is 1. The highest BCUT2D eigenvalue weighted by molar-refractivity contribution is 7.91. The van der Waals surface area contributed by atoms with Crippen LogP contribution in [0, 0.1) is 23.7 Å². The summed E-state index contributed by atoms with van der Waals surface area (Å²) >= 11 is 0. The van der Waals surface area contributed by atoms with Crippen LogP contribution in [0.3, 0.4) is 0 Å². The number of carboxylic acids is 1. The molecular formula is C54H48N4O10S2. The molecule has 6 aromatic carbocycles. The summed E-state index contributed by atoms with van der Waals surface area (Å²) in [6, 6.07) is 41.5. The third kappa shape index (κ3) is 11.4. The van der Waals surface area contributed by atoms with Gasteiger partial charge in [0.15, 0.2) is 0 Å². The smallest absolute Gasteiger partial charge is 0.338 e. The van der Waals surface area contributed by atoms with Crippen molar-refractivity contribution in [3.8, 4) is 23.7 Å². The van der Waals surface area contributed by atoms with E-state index in [0.29, 0.717) is 46.3 Å². The Balaban J connectivity index is 0.000000208. The predicted octanol–water partition coefficient (Wildman–Crippen LogP) is 7.89. The number of ether oxygens (including phenoxy) is 1. The number of amides is 2. The van der Waals surface area contributed by atoms with Gasteiger partial charge in [-0.1, -0.05) is 109 Å². The lowest BCUT2D eigenvalue weighted by atomic mass is 10.1. The van der Waals surface area contributed by atoms with Gasteiger partial charge in [0, 0.05) is 38.1 Å². The van der Waals surface area contributed by atoms with Gasteiger partial charge in [0.2, 0.25) is 0 Å². The Morgan fingerprint density at radius 2 is 0.929 bits per heavy atom. The summed E-state index contributed by atoms with van der Waals surface area (Å²) in [5.74, 6) is 9.43. The highest BCUT2D eigenvalue weighted by Gasteiger charge is 2.41. The quantitative estimate of drug-likeness (QED) is 0.117. The molecule has 356 valence electrons. The second kappa shape index (κ2) is 20.6. The Labute approximate surface area is 408 Å². The molecule has 2 amide bonds. The first-order chi connectivity index (χ1) is 33.2. The summed E-state index contributed by atoms with van der Waals surface area (Å²) in [6.07, 6.45) is 1.12. The minimum atomic E-state index is -4.09. The second-order valence-corrected chi connectivity index (χ2v) is 20.9. The van der Waals surface area contributed by atoms with E-state index in [9.17, 15) is 36.0 Å². The van der Waals surface area contributed by atoms with E-state index < -0.39 is 49.8 Å². The SMILES string of the molecule is CN1c2ccc(C#CCc3ccccc3)cc2C(=O)N(Cc2ccc(C(=O)O)cc2)S1(=O)=O.CN1c2ccc(C#CCc3ccccc3)cc2C(=O)N(Cc2ccc(C(=O)OC(C)(C)C)cc2)S1(=O)=O. The molecule has 2 aliphatic heterocycles. The van der Waals surface area contributed by atoms with Crippen molar-refractivity contribution in [3.63, 3.8) is 0 Å². The largest absolute Gasteiger partial charge is 0.478 e. The van der Waals surface area contributed by atoms with Gasteiger partial charge in [-0.3, -0.25) is 18.2 Å². The first-order valence-electron chi connectivity index (χ1n) is 21.8. The number of anilines is 2. The maximum atomic E-state index is 13.4. The third-order valence-corrected chi connectivity index (χ3v) is 14.5. The lowest BCUT2D eigenvalue weighted by molar-refractivity contribution is 0.00688. The predicted molar refractivity (Wildman–Crippen MR) is 266 cm³/mol. The average Bonchev–Trinajstić information content (AvgIpc) is 3.34. The first kappa shape index (κ1) is 49.7. The average molecular weight is 977 g/mol. The maximum absolute atomic E-state index is 13.4. The number of carbonyl (C=O) groups is 4. The normalized spacial score (nSPS) is 14.4. The van der Waals surface area contributed by atoms with Crippen LogP contribution in [0.1, 0.15) is 95.6 Å². The molecule has 0 saturated heterocycles. The minimum absolute atomic E-state index is 0.0766. The van der Waals surface area contributed by atoms with E-state index in [4.69, 9.17) is 9.84 Å². The fourth-order valence-corrected chi connectivity index (χ4v) is 9.95. The number of benzene rings is 6. The van der Waals surface area contributed by atoms with Crippen molar-refractivity contribution in [2.75, 3.05) is 22.7 Å². The minimum Gasteiger partial charge on any atom is -0.478 e. The van der Waals surface area contributed by atoms with E-state index >= 15 is 0 Å². The molecule has 0 radical (unpaired) electrons. The third-order valence-electron chi connectivity index (χ3n) is 11.0. The lowest BCUT2D eigenvalue weighted by Gasteiger charge is -2.34. The molecule has 16 heteroatoms. The Hall–Kier alpha value is -8.18. The highest BCUT2D eigenvalue weighted by Crippen LogP contribution is 2.34. The molecule has 0 unspecified atom stereocenters. The highest BCUT2D eigenvalue weighted by atomic mass is 32.2. The monoisotopic (exact) mass is 976 g/mol. The zero-order valence-electron chi connectivity index (χ0n) is 38.9. The van der Waals surface area contributed by atoms with E-state index in [2.05, 4.69) is 23.7 Å². The van der Waals surface area contributed by atoms with Crippen LogP contribution in [-0.4, -0.2) is 74.0 Å². The van der Waals surface area contributed by atoms with Crippen molar-refractivity contribution in [3.05, 3.63) is 201 Å². The summed E-state index contributed by atoms with van der Waals surface area (Å²) in [4.78, 5) is 49.9. The van der Waals surface area contributed by atoms with Gasteiger partial charge in [-0.25, -0.2) is 18.2 Å². The number of aromatic carboxylic acids is 1. The molecule has 0 aromatic heterocycles. The number of carbonyl (C=O) groups excluding carboxylic acids is 3. The van der Waals surface area contributed by atoms with E-state index in [0.717, 1.165) is 28.3 Å². The Bertz CT molecular complexity index is 3330. The van der Waals surface area contributed by atoms with Crippen molar-refractivity contribution in [2.24, 2.45) is 0 Å². The molecule has 0 bridgehead atoms. The molecule has 0 saturated carbocycles. The Morgan fingerprint density at radius 3 is 1.30 bits per heavy atom. The van der Waals surface area contributed by atoms with Crippen LogP contribution < -0.4 is 8.61 Å². The van der Waals surface area contributed by atoms with Gasteiger partial charge in [-0.2, -0.15) is 16.8 Å². The summed E-state index contributed by atoms with van der Waals surface area (Å²) in [7, 11) is -5.37. The molecule has 0 spiro atoms. The number of rotatable bonds is 8. The molecule has 0 atom stereocenters. The lowest BCUT2D eigenvalue weighted by Crippen LogP contribution is -2.49. The van der Waals surface area contributed by atoms with Gasteiger partial charge in [-0.05, 0) is 104 Å². The molecule has 0 fully saturated rings. The maximum Gasteiger partial charge on any atom is 0.338 e. The van der Waals surface area contributed by atoms with Crippen molar-refractivity contribution < 1.29 is 45.9 Å². The molecule has 8 rings (SSSR count). The Morgan fingerprint density at radius 1 is 0.543 bits per heavy atom. The van der Waals surface area contributed by atoms with Crippen molar-refractivity contribution in [2.45, 2.75) is 52.3 Å². The molecule has 0 aliphatic carbocycles. The van der Waals surface area contributed by atoms with Crippen molar-refractivity contribution in [1.82, 2.24) is 8.61 Å². The Kier molecular flexibility index (Phi) is 14.6. The molecule has 70 heavy (non-hydrogen) atoms. The van der Waals surface area contributed by atoms with Gasteiger partial charge < -0.3 is 9.84 Å². The topological polar surface area (TPSA) is 179 Å². The van der Waals surface area contributed by atoms with Crippen molar-refractivity contribution >= 4 is 55.5 Å². The van der Waals surface area contributed by atoms with Crippen LogP contribution in [0.2, 0.25) is 0 Å². The van der Waals surface area contributed by atoms with Gasteiger partial charge >= 0.3 is 32.4 Å². The summed E-state index contributed by atoms with van der Waals surface area (Å²) < 4.78 is 61.4. The molecule has 6 aromatic rings. The molecule has 2 aliphatic rings. The fourth-order valence-electron chi connectivity index (χ4n) is 7.30. The van der Waals surface area contributed by atoms with Crippen LogP contribution >= 0.6 is 0 Å². The van der Waals surface area contributed by atoms with Gasteiger partial charge in [0.05, 0.1) is 46.7 Å². The fraction of sp³-hybridized carbons (Fsp3) is 0.185.